The molecule has 1 N–H and O–H groups in total. The van der Waals surface area contributed by atoms with Gasteiger partial charge in [0, 0.05) is 0 Å². The Balaban J connectivity index is 4.30. The van der Waals surface area contributed by atoms with Crippen molar-refractivity contribution in [3.63, 3.8) is 0 Å². The van der Waals surface area contributed by atoms with Crippen LogP contribution in [-0.2, 0) is 19.1 Å². The molecule has 100 valence electrons. The molecule has 0 aromatic rings. The molecule has 0 aromatic heterocycles. The van der Waals surface area contributed by atoms with Gasteiger partial charge in [-0.25, -0.2) is 0 Å². The first-order chi connectivity index (χ1) is 8.06. The van der Waals surface area contributed by atoms with Crippen molar-refractivity contribution in [1.29, 1.82) is 0 Å². The van der Waals surface area contributed by atoms with Crippen LogP contribution >= 0.6 is 0 Å². The van der Waals surface area contributed by atoms with Crippen LogP contribution in [0.5, 0.6) is 0 Å². The number of unbranched alkanes of at least 4 members (excludes halogenated alkanes) is 1. The largest absolute Gasteiger partial charge is 0.468 e. The standard InChI is InChI=1S/C12H23NO4/c1-5-7-8-10(12(15)16-4)13-9(3)11(14)17-6-2/h9-10,13H,5-8H2,1-4H3. The molecular formula is C12H23NO4. The van der Waals surface area contributed by atoms with Gasteiger partial charge in [-0.2, -0.15) is 0 Å². The molecule has 2 unspecified atom stereocenters. The first-order valence-corrected chi connectivity index (χ1v) is 6.07. The molecular weight excluding hydrogens is 222 g/mol. The van der Waals surface area contributed by atoms with Crippen LogP contribution in [0.25, 0.3) is 0 Å². The molecule has 0 aromatic carbocycles. The highest BCUT2D eigenvalue weighted by atomic mass is 16.5. The van der Waals surface area contributed by atoms with Crippen LogP contribution in [0.15, 0.2) is 0 Å². The lowest BCUT2D eigenvalue weighted by Gasteiger charge is -2.20. The SMILES string of the molecule is CCCCC(NC(C)C(=O)OCC)C(=O)OC. The summed E-state index contributed by atoms with van der Waals surface area (Å²) in [5.41, 5.74) is 0. The summed E-state index contributed by atoms with van der Waals surface area (Å²) >= 11 is 0. The topological polar surface area (TPSA) is 64.6 Å². The molecule has 0 amide bonds. The molecule has 0 aliphatic rings. The van der Waals surface area contributed by atoms with Crippen LogP contribution in [0, 0.1) is 0 Å². The van der Waals surface area contributed by atoms with Crippen molar-refractivity contribution in [3.05, 3.63) is 0 Å². The average Bonchev–Trinajstić information content (AvgIpc) is 2.33. The van der Waals surface area contributed by atoms with E-state index < -0.39 is 12.1 Å². The molecule has 0 fully saturated rings. The van der Waals surface area contributed by atoms with Gasteiger partial charge in [-0.1, -0.05) is 19.8 Å². The molecule has 0 rings (SSSR count). The molecule has 0 saturated carbocycles. The maximum Gasteiger partial charge on any atom is 0.322 e. The second-order valence-corrected chi connectivity index (χ2v) is 3.86. The summed E-state index contributed by atoms with van der Waals surface area (Å²) in [6.45, 7) is 5.81. The fraction of sp³-hybridized carbons (Fsp3) is 0.833. The highest BCUT2D eigenvalue weighted by Gasteiger charge is 2.24. The van der Waals surface area contributed by atoms with E-state index in [1.54, 1.807) is 13.8 Å². The lowest BCUT2D eigenvalue weighted by molar-refractivity contribution is -0.147. The maximum absolute atomic E-state index is 11.5. The van der Waals surface area contributed by atoms with E-state index in [0.29, 0.717) is 13.0 Å². The minimum atomic E-state index is -0.504. The highest BCUT2D eigenvalue weighted by molar-refractivity contribution is 5.79. The summed E-state index contributed by atoms with van der Waals surface area (Å²) in [5, 5.41) is 2.94. The quantitative estimate of drug-likeness (QED) is 0.652. The summed E-state index contributed by atoms with van der Waals surface area (Å²) < 4.78 is 9.57. The minimum absolute atomic E-state index is 0.336. The third-order valence-corrected chi connectivity index (χ3v) is 2.42. The van der Waals surface area contributed by atoms with E-state index in [1.807, 2.05) is 6.92 Å². The first-order valence-electron chi connectivity index (χ1n) is 6.07. The van der Waals surface area contributed by atoms with Gasteiger partial charge < -0.3 is 9.47 Å². The monoisotopic (exact) mass is 245 g/mol. The van der Waals surface area contributed by atoms with E-state index >= 15 is 0 Å². The minimum Gasteiger partial charge on any atom is -0.468 e. The zero-order valence-corrected chi connectivity index (χ0v) is 11.1. The van der Waals surface area contributed by atoms with Gasteiger partial charge in [0.25, 0.3) is 0 Å². The molecule has 5 nitrogen and oxygen atoms in total. The Morgan fingerprint density at radius 3 is 2.35 bits per heavy atom. The Hall–Kier alpha value is -1.10. The zero-order chi connectivity index (χ0) is 13.3. The highest BCUT2D eigenvalue weighted by Crippen LogP contribution is 2.04. The number of methoxy groups -OCH3 is 1. The van der Waals surface area contributed by atoms with Crippen molar-refractivity contribution in [2.24, 2.45) is 0 Å². The number of carbonyl (C=O) groups is 2. The predicted molar refractivity (Wildman–Crippen MR) is 64.6 cm³/mol. The third kappa shape index (κ3) is 6.26. The molecule has 0 radical (unpaired) electrons. The number of nitrogens with one attached hydrogen (secondary N) is 1. The summed E-state index contributed by atoms with van der Waals surface area (Å²) in [5.74, 6) is -0.687. The van der Waals surface area contributed by atoms with Crippen LogP contribution in [0.4, 0.5) is 0 Å². The third-order valence-electron chi connectivity index (χ3n) is 2.42. The maximum atomic E-state index is 11.5. The van der Waals surface area contributed by atoms with E-state index in [0.717, 1.165) is 12.8 Å². The average molecular weight is 245 g/mol. The molecule has 0 spiro atoms. The van der Waals surface area contributed by atoms with Crippen molar-refractivity contribution in [2.45, 2.75) is 52.1 Å². The fourth-order valence-electron chi connectivity index (χ4n) is 1.46. The van der Waals surface area contributed by atoms with Gasteiger partial charge in [0.1, 0.15) is 12.1 Å². The fourth-order valence-corrected chi connectivity index (χ4v) is 1.46. The van der Waals surface area contributed by atoms with Crippen LogP contribution in [0.3, 0.4) is 0 Å². The summed E-state index contributed by atoms with van der Waals surface area (Å²) in [6, 6.07) is -0.949. The zero-order valence-electron chi connectivity index (χ0n) is 11.1. The van der Waals surface area contributed by atoms with E-state index in [-0.39, 0.29) is 11.9 Å². The molecule has 0 heterocycles. The smallest absolute Gasteiger partial charge is 0.322 e. The first kappa shape index (κ1) is 15.9. The molecule has 2 atom stereocenters. The van der Waals surface area contributed by atoms with Crippen LogP contribution in [0.1, 0.15) is 40.0 Å². The van der Waals surface area contributed by atoms with Gasteiger partial charge in [0.05, 0.1) is 13.7 Å². The Morgan fingerprint density at radius 1 is 1.24 bits per heavy atom. The van der Waals surface area contributed by atoms with E-state index in [9.17, 15) is 9.59 Å². The summed E-state index contributed by atoms with van der Waals surface area (Å²) in [6.07, 6.45) is 2.55. The van der Waals surface area contributed by atoms with Crippen molar-refractivity contribution in [3.8, 4) is 0 Å². The number of esters is 2. The molecule has 17 heavy (non-hydrogen) atoms. The summed E-state index contributed by atoms with van der Waals surface area (Å²) in [7, 11) is 1.35. The molecule has 0 saturated heterocycles. The summed E-state index contributed by atoms with van der Waals surface area (Å²) in [4.78, 5) is 22.9. The second kappa shape index (κ2) is 8.98. The molecule has 0 aliphatic carbocycles. The molecule has 0 bridgehead atoms. The number of hydrogen-bond donors (Lipinski definition) is 1. The van der Waals surface area contributed by atoms with Gasteiger partial charge in [-0.15, -0.1) is 0 Å². The Labute approximate surface area is 103 Å². The van der Waals surface area contributed by atoms with Gasteiger partial charge in [0.2, 0.25) is 0 Å². The second-order valence-electron chi connectivity index (χ2n) is 3.86. The Kier molecular flexibility index (Phi) is 8.40. The normalized spacial score (nSPS) is 13.9. The lowest BCUT2D eigenvalue weighted by atomic mass is 10.1. The molecule has 0 aliphatic heterocycles. The van der Waals surface area contributed by atoms with Crippen molar-refractivity contribution in [1.82, 2.24) is 5.32 Å². The van der Waals surface area contributed by atoms with Crippen LogP contribution in [0.2, 0.25) is 0 Å². The number of carbonyl (C=O) groups excluding carboxylic acids is 2. The predicted octanol–water partition coefficient (Wildman–Crippen LogP) is 1.26. The van der Waals surface area contributed by atoms with Crippen molar-refractivity contribution in [2.75, 3.05) is 13.7 Å². The van der Waals surface area contributed by atoms with Gasteiger partial charge in [-0.3, -0.25) is 14.9 Å². The lowest BCUT2D eigenvalue weighted by Crippen LogP contribution is -2.46. The van der Waals surface area contributed by atoms with E-state index in [4.69, 9.17) is 9.47 Å². The van der Waals surface area contributed by atoms with Crippen LogP contribution in [-0.4, -0.2) is 37.7 Å². The van der Waals surface area contributed by atoms with E-state index in [1.165, 1.54) is 7.11 Å². The van der Waals surface area contributed by atoms with Gasteiger partial charge >= 0.3 is 11.9 Å². The number of rotatable bonds is 8. The van der Waals surface area contributed by atoms with Gasteiger partial charge in [-0.05, 0) is 20.3 Å². The van der Waals surface area contributed by atoms with Crippen molar-refractivity contribution < 1.29 is 19.1 Å². The van der Waals surface area contributed by atoms with Crippen LogP contribution < -0.4 is 5.32 Å². The number of ether oxygens (including phenoxy) is 2. The van der Waals surface area contributed by atoms with Gasteiger partial charge in [0.15, 0.2) is 0 Å². The van der Waals surface area contributed by atoms with Crippen molar-refractivity contribution >= 4 is 11.9 Å². The number of hydrogen-bond acceptors (Lipinski definition) is 5. The Morgan fingerprint density at radius 2 is 1.88 bits per heavy atom. The van der Waals surface area contributed by atoms with E-state index in [2.05, 4.69) is 5.32 Å². The molecule has 5 heteroatoms. The Bertz CT molecular complexity index is 243.